The maximum Gasteiger partial charge on any atom is 0.225 e. The molecule has 2 heterocycles. The van der Waals surface area contributed by atoms with Gasteiger partial charge >= 0.3 is 0 Å². The average Bonchev–Trinajstić information content (AvgIpc) is 2.78. The van der Waals surface area contributed by atoms with Crippen LogP contribution in [0.25, 0.3) is 0 Å². The Morgan fingerprint density at radius 2 is 1.93 bits per heavy atom. The van der Waals surface area contributed by atoms with Crippen LogP contribution in [0, 0.1) is 12.8 Å². The second-order valence-electron chi connectivity index (χ2n) is 8.13. The van der Waals surface area contributed by atoms with E-state index in [0.717, 1.165) is 31.8 Å². The van der Waals surface area contributed by atoms with Gasteiger partial charge in [-0.25, -0.2) is 0 Å². The second-order valence-corrected chi connectivity index (χ2v) is 8.13. The largest absolute Gasteiger partial charge is 0.497 e. The number of nitrogens with one attached hydrogen (secondary N) is 1. The number of hydrogen-bond acceptors (Lipinski definition) is 5. The van der Waals surface area contributed by atoms with E-state index >= 15 is 0 Å². The number of aryl methyl sites for hydroxylation is 1. The first-order valence-electron chi connectivity index (χ1n) is 10.6. The van der Waals surface area contributed by atoms with E-state index in [2.05, 4.69) is 58.4 Å². The van der Waals surface area contributed by atoms with Crippen molar-refractivity contribution in [2.75, 3.05) is 56.8 Å². The Hall–Kier alpha value is -2.73. The summed E-state index contributed by atoms with van der Waals surface area (Å²) >= 11 is 0. The van der Waals surface area contributed by atoms with Crippen molar-refractivity contribution in [3.63, 3.8) is 0 Å². The van der Waals surface area contributed by atoms with Crippen LogP contribution in [0.5, 0.6) is 5.75 Å². The maximum atomic E-state index is 13.1. The number of fused-ring (bicyclic) bond motifs is 3. The summed E-state index contributed by atoms with van der Waals surface area (Å²) in [6, 6.07) is 15.0. The Morgan fingerprint density at radius 3 is 2.67 bits per heavy atom. The van der Waals surface area contributed by atoms with E-state index in [1.54, 1.807) is 14.2 Å². The highest BCUT2D eigenvalue weighted by Gasteiger charge is 2.41. The fourth-order valence-electron chi connectivity index (χ4n) is 4.60. The van der Waals surface area contributed by atoms with Gasteiger partial charge in [0.05, 0.1) is 25.7 Å². The number of hydrogen-bond donors (Lipinski definition) is 1. The van der Waals surface area contributed by atoms with Crippen LogP contribution in [0.1, 0.15) is 11.1 Å². The summed E-state index contributed by atoms with van der Waals surface area (Å²) in [5.41, 5.74) is 4.88. The predicted octanol–water partition coefficient (Wildman–Crippen LogP) is 2.63. The SMILES string of the molecule is COCCNC(=O)[C@H]1Cc2ccc(OC)cc2N2CCN(c3ccc(C)cc3)C[C@@H]12. The van der Waals surface area contributed by atoms with E-state index in [1.807, 2.05) is 6.07 Å². The van der Waals surface area contributed by atoms with E-state index in [4.69, 9.17) is 9.47 Å². The molecule has 0 spiro atoms. The minimum Gasteiger partial charge on any atom is -0.497 e. The third kappa shape index (κ3) is 4.10. The Bertz CT molecular complexity index is 884. The molecule has 6 nitrogen and oxygen atoms in total. The molecule has 2 atom stereocenters. The molecular weight excluding hydrogens is 378 g/mol. The average molecular weight is 410 g/mol. The van der Waals surface area contributed by atoms with E-state index in [-0.39, 0.29) is 17.9 Å². The molecule has 2 aromatic rings. The summed E-state index contributed by atoms with van der Waals surface area (Å²) in [6.45, 7) is 5.79. The summed E-state index contributed by atoms with van der Waals surface area (Å²) in [7, 11) is 3.35. The van der Waals surface area contributed by atoms with Crippen LogP contribution >= 0.6 is 0 Å². The quantitative estimate of drug-likeness (QED) is 0.744. The number of piperazine rings is 1. The maximum absolute atomic E-state index is 13.1. The summed E-state index contributed by atoms with van der Waals surface area (Å²) in [4.78, 5) is 17.9. The minimum atomic E-state index is -0.101. The monoisotopic (exact) mass is 409 g/mol. The van der Waals surface area contributed by atoms with Crippen molar-refractivity contribution in [3.8, 4) is 5.75 Å². The van der Waals surface area contributed by atoms with Crippen LogP contribution in [0.3, 0.4) is 0 Å². The summed E-state index contributed by atoms with van der Waals surface area (Å²) in [5, 5.41) is 3.07. The number of carbonyl (C=O) groups excluding carboxylic acids is 1. The third-order valence-electron chi connectivity index (χ3n) is 6.27. The van der Waals surface area contributed by atoms with Gasteiger partial charge in [-0.1, -0.05) is 23.8 Å². The molecule has 0 aromatic heterocycles. The molecule has 1 saturated heterocycles. The lowest BCUT2D eigenvalue weighted by molar-refractivity contribution is -0.126. The van der Waals surface area contributed by atoms with E-state index in [1.165, 1.54) is 22.5 Å². The van der Waals surface area contributed by atoms with Crippen molar-refractivity contribution in [2.45, 2.75) is 19.4 Å². The van der Waals surface area contributed by atoms with Gasteiger partial charge in [0.1, 0.15) is 5.75 Å². The number of anilines is 2. The van der Waals surface area contributed by atoms with E-state index in [0.29, 0.717) is 13.2 Å². The zero-order chi connectivity index (χ0) is 21.1. The third-order valence-corrected chi connectivity index (χ3v) is 6.27. The molecule has 4 rings (SSSR count). The van der Waals surface area contributed by atoms with Gasteiger partial charge in [0.2, 0.25) is 5.91 Å². The molecule has 0 unspecified atom stereocenters. The highest BCUT2D eigenvalue weighted by molar-refractivity contribution is 5.82. The fraction of sp³-hybridized carbons (Fsp3) is 0.458. The van der Waals surface area contributed by atoms with Gasteiger partial charge in [-0.2, -0.15) is 0 Å². The van der Waals surface area contributed by atoms with Crippen molar-refractivity contribution in [2.24, 2.45) is 5.92 Å². The van der Waals surface area contributed by atoms with Gasteiger partial charge in [-0.3, -0.25) is 4.79 Å². The molecule has 1 amide bonds. The van der Waals surface area contributed by atoms with Crippen LogP contribution in [-0.2, 0) is 16.0 Å². The molecule has 0 radical (unpaired) electrons. The van der Waals surface area contributed by atoms with Gasteiger partial charge in [0.15, 0.2) is 0 Å². The molecule has 2 aliphatic rings. The molecule has 0 saturated carbocycles. The Kier molecular flexibility index (Phi) is 6.13. The van der Waals surface area contributed by atoms with Crippen molar-refractivity contribution < 1.29 is 14.3 Å². The first kappa shape index (κ1) is 20.5. The van der Waals surface area contributed by atoms with Crippen molar-refractivity contribution in [3.05, 3.63) is 53.6 Å². The Morgan fingerprint density at radius 1 is 1.13 bits per heavy atom. The smallest absolute Gasteiger partial charge is 0.225 e. The molecule has 6 heteroatoms. The first-order valence-corrected chi connectivity index (χ1v) is 10.6. The first-order chi connectivity index (χ1) is 14.6. The van der Waals surface area contributed by atoms with Gasteiger partial charge in [0, 0.05) is 50.7 Å². The van der Waals surface area contributed by atoms with Crippen LogP contribution in [0.4, 0.5) is 11.4 Å². The predicted molar refractivity (Wildman–Crippen MR) is 120 cm³/mol. The van der Waals surface area contributed by atoms with Crippen LogP contribution in [0.2, 0.25) is 0 Å². The highest BCUT2D eigenvalue weighted by Crippen LogP contribution is 2.38. The summed E-state index contributed by atoms with van der Waals surface area (Å²) in [5.74, 6) is 0.863. The normalized spacial score (nSPS) is 20.4. The number of amides is 1. The minimum absolute atomic E-state index is 0.101. The van der Waals surface area contributed by atoms with E-state index < -0.39 is 0 Å². The zero-order valence-corrected chi connectivity index (χ0v) is 18.1. The lowest BCUT2D eigenvalue weighted by Gasteiger charge is -2.49. The molecular formula is C24H31N3O3. The molecule has 160 valence electrons. The molecule has 0 aliphatic carbocycles. The molecule has 1 N–H and O–H groups in total. The molecule has 2 aromatic carbocycles. The summed E-state index contributed by atoms with van der Waals surface area (Å²) in [6.07, 6.45) is 0.737. The van der Waals surface area contributed by atoms with Crippen LogP contribution < -0.4 is 19.9 Å². The summed E-state index contributed by atoms with van der Waals surface area (Å²) < 4.78 is 10.6. The number of benzene rings is 2. The molecule has 2 aliphatic heterocycles. The standard InChI is InChI=1S/C24H31N3O3/c1-17-4-7-19(8-5-17)26-11-12-27-22-15-20(30-3)9-6-18(22)14-21(23(27)16-26)24(28)25-10-13-29-2/h4-9,15,21,23H,10-14,16H2,1-3H3,(H,25,28)/t21-,23-/m0/s1. The molecule has 0 bridgehead atoms. The van der Waals surface area contributed by atoms with Gasteiger partial charge in [-0.05, 0) is 37.1 Å². The van der Waals surface area contributed by atoms with Crippen LogP contribution in [0.15, 0.2) is 42.5 Å². The lowest BCUT2D eigenvalue weighted by atomic mass is 9.83. The van der Waals surface area contributed by atoms with Crippen molar-refractivity contribution in [1.29, 1.82) is 0 Å². The van der Waals surface area contributed by atoms with Crippen molar-refractivity contribution in [1.82, 2.24) is 5.32 Å². The Labute approximate surface area is 178 Å². The highest BCUT2D eigenvalue weighted by atomic mass is 16.5. The van der Waals surface area contributed by atoms with E-state index in [9.17, 15) is 4.79 Å². The topological polar surface area (TPSA) is 54.0 Å². The number of rotatable bonds is 6. The molecule has 1 fully saturated rings. The van der Waals surface area contributed by atoms with Gasteiger partial charge in [-0.15, -0.1) is 0 Å². The van der Waals surface area contributed by atoms with Gasteiger partial charge < -0.3 is 24.6 Å². The Balaban J connectivity index is 1.62. The zero-order valence-electron chi connectivity index (χ0n) is 18.1. The van der Waals surface area contributed by atoms with Gasteiger partial charge in [0.25, 0.3) is 0 Å². The molecule has 30 heavy (non-hydrogen) atoms. The second kappa shape index (κ2) is 8.96. The number of nitrogens with zero attached hydrogens (tertiary/aromatic N) is 2. The van der Waals surface area contributed by atoms with Crippen LogP contribution in [-0.4, -0.2) is 59.0 Å². The number of ether oxygens (including phenoxy) is 2. The van der Waals surface area contributed by atoms with Crippen molar-refractivity contribution >= 4 is 17.3 Å². The number of carbonyl (C=O) groups is 1. The lowest BCUT2D eigenvalue weighted by Crippen LogP contribution is -2.61. The fourth-order valence-corrected chi connectivity index (χ4v) is 4.60. The number of methoxy groups -OCH3 is 2.